The van der Waals surface area contributed by atoms with Crippen molar-refractivity contribution in [2.45, 2.75) is 57.8 Å². The van der Waals surface area contributed by atoms with E-state index in [1.54, 1.807) is 41.8 Å². The Hall–Kier alpha value is -3.83. The zero-order chi connectivity index (χ0) is 27.8. The quantitative estimate of drug-likeness (QED) is 0.269. The molecule has 1 aliphatic rings. The van der Waals surface area contributed by atoms with E-state index in [0.717, 1.165) is 49.2 Å². The van der Waals surface area contributed by atoms with Crippen molar-refractivity contribution in [1.29, 1.82) is 0 Å². The van der Waals surface area contributed by atoms with Gasteiger partial charge in [-0.25, -0.2) is 4.79 Å². The summed E-state index contributed by atoms with van der Waals surface area (Å²) in [5.41, 5.74) is 8.65. The van der Waals surface area contributed by atoms with Crippen LogP contribution in [0.1, 0.15) is 53.4 Å². The smallest absolute Gasteiger partial charge is 0.318 e. The number of amides is 3. The summed E-state index contributed by atoms with van der Waals surface area (Å²) < 4.78 is 0. The van der Waals surface area contributed by atoms with Crippen LogP contribution in [0.2, 0.25) is 0 Å². The SMILES string of the molecule is C[C@H](CCc1ncccc1C(N)=O)N1CCC(N(Cc2ccsc2)C(=O)NCc2ccc([N+](=O)[O-])cc2)CC1. The van der Waals surface area contributed by atoms with Crippen LogP contribution in [0.25, 0.3) is 0 Å². The van der Waals surface area contributed by atoms with Crippen molar-refractivity contribution in [2.75, 3.05) is 13.1 Å². The third kappa shape index (κ3) is 7.61. The van der Waals surface area contributed by atoms with Crippen LogP contribution in [-0.4, -0.2) is 56.8 Å². The van der Waals surface area contributed by atoms with Gasteiger partial charge in [-0.1, -0.05) is 12.1 Å². The van der Waals surface area contributed by atoms with Crippen LogP contribution in [0.3, 0.4) is 0 Å². The molecule has 0 unspecified atom stereocenters. The lowest BCUT2D eigenvalue weighted by Gasteiger charge is -2.40. The maximum atomic E-state index is 13.3. The number of thiophene rings is 1. The number of non-ortho nitro benzene ring substituents is 1. The number of nitro groups is 1. The summed E-state index contributed by atoms with van der Waals surface area (Å²) in [6, 6.07) is 12.0. The lowest BCUT2D eigenvalue weighted by molar-refractivity contribution is -0.384. The topological polar surface area (TPSA) is 135 Å². The number of nitrogens with two attached hydrogens (primary N) is 1. The van der Waals surface area contributed by atoms with E-state index in [-0.39, 0.29) is 17.8 Å². The molecule has 11 heteroatoms. The van der Waals surface area contributed by atoms with Crippen molar-refractivity contribution in [3.05, 3.63) is 91.9 Å². The van der Waals surface area contributed by atoms with Crippen molar-refractivity contribution in [2.24, 2.45) is 5.73 Å². The van der Waals surface area contributed by atoms with Gasteiger partial charge in [0, 0.05) is 56.6 Å². The first-order valence-corrected chi connectivity index (χ1v) is 14.0. The lowest BCUT2D eigenvalue weighted by atomic mass is 9.99. The summed E-state index contributed by atoms with van der Waals surface area (Å²) in [6.07, 6.45) is 4.93. The Kier molecular flexibility index (Phi) is 9.61. The minimum absolute atomic E-state index is 0.0264. The molecule has 1 aliphatic heterocycles. The molecule has 0 radical (unpaired) electrons. The Labute approximate surface area is 232 Å². The van der Waals surface area contributed by atoms with Crippen LogP contribution >= 0.6 is 11.3 Å². The van der Waals surface area contributed by atoms with Crippen LogP contribution in [0.5, 0.6) is 0 Å². The first-order chi connectivity index (χ1) is 18.8. The van der Waals surface area contributed by atoms with Gasteiger partial charge < -0.3 is 20.9 Å². The third-order valence-corrected chi connectivity index (χ3v) is 8.03. The van der Waals surface area contributed by atoms with Gasteiger partial charge in [-0.15, -0.1) is 0 Å². The van der Waals surface area contributed by atoms with E-state index in [9.17, 15) is 19.7 Å². The molecule has 1 saturated heterocycles. The number of nitrogens with zero attached hydrogens (tertiary/aromatic N) is 4. The number of aryl methyl sites for hydroxylation is 1. The number of urea groups is 1. The molecule has 3 aromatic rings. The molecule has 1 atom stereocenters. The fraction of sp³-hybridized carbons (Fsp3) is 0.393. The Bertz CT molecular complexity index is 1260. The van der Waals surface area contributed by atoms with Crippen molar-refractivity contribution in [3.63, 3.8) is 0 Å². The highest BCUT2D eigenvalue weighted by molar-refractivity contribution is 7.07. The molecule has 39 heavy (non-hydrogen) atoms. The second-order valence-electron chi connectivity index (χ2n) is 9.86. The number of primary amides is 1. The van der Waals surface area contributed by atoms with Gasteiger partial charge in [-0.05, 0) is 72.7 Å². The highest BCUT2D eigenvalue weighted by Crippen LogP contribution is 2.23. The number of hydrogen-bond acceptors (Lipinski definition) is 7. The molecule has 1 aromatic carbocycles. The summed E-state index contributed by atoms with van der Waals surface area (Å²) in [5, 5.41) is 18.0. The highest BCUT2D eigenvalue weighted by atomic mass is 32.1. The minimum Gasteiger partial charge on any atom is -0.366 e. The van der Waals surface area contributed by atoms with Gasteiger partial charge in [0.25, 0.3) is 11.6 Å². The molecule has 3 N–H and O–H groups in total. The van der Waals surface area contributed by atoms with Gasteiger partial charge in [-0.2, -0.15) is 11.3 Å². The largest absolute Gasteiger partial charge is 0.366 e. The average molecular weight is 551 g/mol. The fourth-order valence-electron chi connectivity index (χ4n) is 4.99. The van der Waals surface area contributed by atoms with E-state index in [4.69, 9.17) is 5.73 Å². The van der Waals surface area contributed by atoms with E-state index in [1.165, 1.54) is 12.1 Å². The van der Waals surface area contributed by atoms with E-state index in [0.29, 0.717) is 31.1 Å². The number of aromatic nitrogens is 1. The van der Waals surface area contributed by atoms with E-state index < -0.39 is 10.8 Å². The predicted octanol–water partition coefficient (Wildman–Crippen LogP) is 4.35. The minimum atomic E-state index is -0.455. The Balaban J connectivity index is 1.33. The molecule has 3 heterocycles. The van der Waals surface area contributed by atoms with Crippen LogP contribution < -0.4 is 11.1 Å². The molecule has 0 spiro atoms. The summed E-state index contributed by atoms with van der Waals surface area (Å²) >= 11 is 1.61. The van der Waals surface area contributed by atoms with Crippen molar-refractivity contribution in [3.8, 4) is 0 Å². The monoisotopic (exact) mass is 550 g/mol. The van der Waals surface area contributed by atoms with Gasteiger partial charge in [0.2, 0.25) is 0 Å². The predicted molar refractivity (Wildman–Crippen MR) is 150 cm³/mol. The Morgan fingerprint density at radius 2 is 1.95 bits per heavy atom. The first kappa shape index (κ1) is 28.2. The van der Waals surface area contributed by atoms with Gasteiger partial charge in [-0.3, -0.25) is 19.9 Å². The van der Waals surface area contributed by atoms with Crippen molar-refractivity contribution >= 4 is 29.0 Å². The van der Waals surface area contributed by atoms with Crippen LogP contribution in [-0.2, 0) is 19.5 Å². The number of hydrogen-bond donors (Lipinski definition) is 2. The number of nitrogens with one attached hydrogen (secondary N) is 1. The fourth-order valence-corrected chi connectivity index (χ4v) is 5.65. The molecule has 10 nitrogen and oxygen atoms in total. The highest BCUT2D eigenvalue weighted by Gasteiger charge is 2.30. The number of piperidine rings is 1. The number of carbonyl (C=O) groups excluding carboxylic acids is 2. The molecule has 4 rings (SSSR count). The van der Waals surface area contributed by atoms with Crippen molar-refractivity contribution in [1.82, 2.24) is 20.1 Å². The average Bonchev–Trinajstić information content (AvgIpc) is 3.47. The van der Waals surface area contributed by atoms with Crippen LogP contribution in [0.15, 0.2) is 59.4 Å². The summed E-state index contributed by atoms with van der Waals surface area (Å²) in [4.78, 5) is 44.2. The molecule has 3 amide bonds. The lowest BCUT2D eigenvalue weighted by Crippen LogP contribution is -2.51. The Morgan fingerprint density at radius 3 is 2.59 bits per heavy atom. The van der Waals surface area contributed by atoms with Gasteiger partial charge in [0.1, 0.15) is 0 Å². The van der Waals surface area contributed by atoms with E-state index in [1.807, 2.05) is 16.3 Å². The molecule has 0 bridgehead atoms. The number of benzene rings is 1. The van der Waals surface area contributed by atoms with Crippen molar-refractivity contribution < 1.29 is 14.5 Å². The maximum Gasteiger partial charge on any atom is 0.318 e. The summed E-state index contributed by atoms with van der Waals surface area (Å²) in [7, 11) is 0. The third-order valence-electron chi connectivity index (χ3n) is 7.30. The van der Waals surface area contributed by atoms with Crippen LogP contribution in [0.4, 0.5) is 10.5 Å². The normalized spacial score (nSPS) is 15.0. The molecule has 206 valence electrons. The molecular weight excluding hydrogens is 516 g/mol. The van der Waals surface area contributed by atoms with E-state index >= 15 is 0 Å². The number of carbonyl (C=O) groups is 2. The second kappa shape index (κ2) is 13.3. The van der Waals surface area contributed by atoms with Gasteiger partial charge >= 0.3 is 6.03 Å². The number of likely N-dealkylation sites (tertiary alicyclic amines) is 1. The van der Waals surface area contributed by atoms with E-state index in [2.05, 4.69) is 27.5 Å². The number of rotatable bonds is 11. The van der Waals surface area contributed by atoms with Gasteiger partial charge in [0.05, 0.1) is 16.2 Å². The first-order valence-electron chi connectivity index (χ1n) is 13.1. The van der Waals surface area contributed by atoms with Gasteiger partial charge in [0.15, 0.2) is 0 Å². The molecule has 2 aromatic heterocycles. The zero-order valence-corrected chi connectivity index (χ0v) is 22.8. The Morgan fingerprint density at radius 1 is 1.21 bits per heavy atom. The molecule has 0 aliphatic carbocycles. The standard InChI is InChI=1S/C28H34N6O4S/c1-20(4-9-26-25(27(29)35)3-2-13-30-26)32-14-10-23(11-15-32)33(18-22-12-16-39-19-22)28(36)31-17-21-5-7-24(8-6-21)34(37)38/h2-3,5-8,12-13,16,19-20,23H,4,9-11,14-15,17-18H2,1H3,(H2,29,35)(H,31,36)/t20-/m1/s1. The number of pyridine rings is 1. The van der Waals surface area contributed by atoms with Crippen LogP contribution in [0, 0.1) is 10.1 Å². The molecule has 0 saturated carbocycles. The second-order valence-corrected chi connectivity index (χ2v) is 10.6. The summed E-state index contributed by atoms with van der Waals surface area (Å²) in [6.45, 7) is 4.76. The zero-order valence-electron chi connectivity index (χ0n) is 22.0. The number of nitro benzene ring substituents is 1. The molecular formula is C28H34N6O4S. The summed E-state index contributed by atoms with van der Waals surface area (Å²) in [5.74, 6) is -0.455. The molecule has 1 fully saturated rings. The maximum absolute atomic E-state index is 13.3.